The molecule has 6 nitrogen and oxygen atoms in total. The average molecular weight is 555 g/mol. The molecule has 214 valence electrons. The van der Waals surface area contributed by atoms with Crippen molar-refractivity contribution in [3.63, 3.8) is 0 Å². The molecule has 7 heteroatoms. The summed E-state index contributed by atoms with van der Waals surface area (Å²) in [5.74, 6) is 0.678. The van der Waals surface area contributed by atoms with E-state index in [4.69, 9.17) is 4.84 Å². The molecule has 1 aliphatic heterocycles. The molecule has 39 heavy (non-hydrogen) atoms. The summed E-state index contributed by atoms with van der Waals surface area (Å²) in [7, 11) is 0. The predicted molar refractivity (Wildman–Crippen MR) is 155 cm³/mol. The molecule has 4 fully saturated rings. The molecule has 0 N–H and O–H groups in total. The van der Waals surface area contributed by atoms with Crippen LogP contribution >= 0.6 is 11.8 Å². The van der Waals surface area contributed by atoms with Gasteiger partial charge in [0.15, 0.2) is 0 Å². The average Bonchev–Trinajstić information content (AvgIpc) is 3.00. The van der Waals surface area contributed by atoms with E-state index >= 15 is 0 Å². The number of hydrogen-bond donors (Lipinski definition) is 0. The van der Waals surface area contributed by atoms with Gasteiger partial charge in [0.1, 0.15) is 6.04 Å². The molecular weight excluding hydrogens is 508 g/mol. The Morgan fingerprint density at radius 2 is 1.38 bits per heavy atom. The SMILES string of the molecule is O=C(SCCC(=O)N1C(C(=O)ON(C2CCCCC2)C2CCCCC2)CCC2CCCCC21)c1ccccc1. The van der Waals surface area contributed by atoms with Crippen molar-refractivity contribution in [2.45, 2.75) is 133 Å². The number of carbonyl (C=O) groups excluding carboxylic acids is 3. The topological polar surface area (TPSA) is 66.9 Å². The van der Waals surface area contributed by atoms with Crippen LogP contribution in [0.3, 0.4) is 0 Å². The molecule has 3 aliphatic carbocycles. The minimum Gasteiger partial charge on any atom is -0.365 e. The molecule has 0 aromatic heterocycles. The van der Waals surface area contributed by atoms with Crippen LogP contribution < -0.4 is 0 Å². The minimum absolute atomic E-state index is 0.00351. The highest BCUT2D eigenvalue weighted by molar-refractivity contribution is 8.14. The van der Waals surface area contributed by atoms with Crippen LogP contribution in [0.15, 0.2) is 30.3 Å². The van der Waals surface area contributed by atoms with Gasteiger partial charge in [-0.3, -0.25) is 9.59 Å². The molecule has 1 aromatic rings. The van der Waals surface area contributed by atoms with Crippen molar-refractivity contribution >= 4 is 28.8 Å². The summed E-state index contributed by atoms with van der Waals surface area (Å²) in [5.41, 5.74) is 0.659. The number of rotatable bonds is 8. The third-order valence-corrected chi connectivity index (χ3v) is 10.5. The lowest BCUT2D eigenvalue weighted by molar-refractivity contribution is -0.230. The van der Waals surface area contributed by atoms with Crippen molar-refractivity contribution in [3.05, 3.63) is 35.9 Å². The van der Waals surface area contributed by atoms with Crippen LogP contribution in [0.2, 0.25) is 0 Å². The highest BCUT2D eigenvalue weighted by Gasteiger charge is 2.45. The zero-order valence-corrected chi connectivity index (χ0v) is 24.3. The summed E-state index contributed by atoms with van der Waals surface area (Å²) in [4.78, 5) is 48.6. The van der Waals surface area contributed by atoms with Gasteiger partial charge in [0.25, 0.3) is 0 Å². The van der Waals surface area contributed by atoms with Crippen LogP contribution in [0.25, 0.3) is 0 Å². The van der Waals surface area contributed by atoms with E-state index in [-0.39, 0.29) is 29.5 Å². The Labute approximate surface area is 238 Å². The largest absolute Gasteiger partial charge is 0.365 e. The van der Waals surface area contributed by atoms with Crippen molar-refractivity contribution in [2.75, 3.05) is 5.75 Å². The second-order valence-corrected chi connectivity index (χ2v) is 13.2. The molecule has 1 amide bonds. The number of amides is 1. The fraction of sp³-hybridized carbons (Fsp3) is 0.719. The van der Waals surface area contributed by atoms with Gasteiger partial charge in [-0.1, -0.05) is 93.5 Å². The lowest BCUT2D eigenvalue weighted by atomic mass is 9.76. The van der Waals surface area contributed by atoms with Crippen LogP contribution in [0.5, 0.6) is 0 Å². The smallest absolute Gasteiger partial charge is 0.347 e. The van der Waals surface area contributed by atoms with Crippen molar-refractivity contribution in [3.8, 4) is 0 Å². The first-order valence-corrected chi connectivity index (χ1v) is 16.6. The van der Waals surface area contributed by atoms with Gasteiger partial charge < -0.3 is 9.74 Å². The number of carbonyl (C=O) groups is 3. The third-order valence-electron chi connectivity index (χ3n) is 9.56. The fourth-order valence-electron chi connectivity index (χ4n) is 7.52. The molecule has 1 heterocycles. The maximum atomic E-state index is 13.9. The molecule has 0 spiro atoms. The van der Waals surface area contributed by atoms with Crippen molar-refractivity contribution in [2.24, 2.45) is 5.92 Å². The van der Waals surface area contributed by atoms with Crippen molar-refractivity contribution in [1.29, 1.82) is 0 Å². The van der Waals surface area contributed by atoms with E-state index in [0.29, 0.717) is 35.7 Å². The molecule has 1 aromatic carbocycles. The Kier molecular flexibility index (Phi) is 10.4. The number of fused-ring (bicyclic) bond motifs is 1. The lowest BCUT2D eigenvalue weighted by Gasteiger charge is -2.48. The number of piperidine rings is 1. The fourth-order valence-corrected chi connectivity index (χ4v) is 8.29. The molecule has 5 rings (SSSR count). The number of hydroxylamine groups is 2. The maximum absolute atomic E-state index is 13.9. The summed E-state index contributed by atoms with van der Waals surface area (Å²) in [6, 6.07) is 9.45. The molecular formula is C32H46N2O4S. The number of likely N-dealkylation sites (tertiary alicyclic amines) is 1. The van der Waals surface area contributed by atoms with E-state index in [9.17, 15) is 14.4 Å². The van der Waals surface area contributed by atoms with E-state index in [1.165, 1.54) is 56.7 Å². The maximum Gasteiger partial charge on any atom is 0.347 e. The van der Waals surface area contributed by atoms with E-state index < -0.39 is 6.04 Å². The van der Waals surface area contributed by atoms with Crippen LogP contribution in [0, 0.1) is 5.92 Å². The summed E-state index contributed by atoms with van der Waals surface area (Å²) >= 11 is 1.20. The summed E-state index contributed by atoms with van der Waals surface area (Å²) in [6.07, 6.45) is 18.0. The number of nitrogens with zero attached hydrogens (tertiary/aromatic N) is 2. The highest BCUT2D eigenvalue weighted by atomic mass is 32.2. The number of benzene rings is 1. The Balaban J connectivity index is 1.27. The van der Waals surface area contributed by atoms with Gasteiger partial charge in [-0.15, -0.1) is 5.06 Å². The van der Waals surface area contributed by atoms with Crippen molar-refractivity contribution < 1.29 is 19.2 Å². The van der Waals surface area contributed by atoms with E-state index in [2.05, 4.69) is 5.06 Å². The molecule has 0 bridgehead atoms. The minimum atomic E-state index is -0.513. The molecule has 3 saturated carbocycles. The van der Waals surface area contributed by atoms with Crippen LogP contribution in [-0.4, -0.2) is 56.9 Å². The second-order valence-electron chi connectivity index (χ2n) is 12.1. The van der Waals surface area contributed by atoms with Crippen LogP contribution in [-0.2, 0) is 14.4 Å². The summed E-state index contributed by atoms with van der Waals surface area (Å²) < 4.78 is 0. The standard InChI is InChI=1S/C32H46N2O4S/c35-30(22-23-39-32(37)25-13-4-1-5-14-25)33-28-19-11-10-12-24(28)20-21-29(33)31(36)38-34(26-15-6-2-7-16-26)27-17-8-3-9-18-27/h1,4-5,13-14,24,26-29H,2-3,6-12,15-23H2. The van der Waals surface area contributed by atoms with Gasteiger partial charge in [0.05, 0.1) is 0 Å². The Bertz CT molecular complexity index is 942. The van der Waals surface area contributed by atoms with Crippen LogP contribution in [0.4, 0.5) is 0 Å². The second kappa shape index (κ2) is 14.2. The zero-order valence-electron chi connectivity index (χ0n) is 23.4. The first-order valence-electron chi connectivity index (χ1n) is 15.7. The predicted octanol–water partition coefficient (Wildman–Crippen LogP) is 6.93. The lowest BCUT2D eigenvalue weighted by Crippen LogP contribution is -2.59. The van der Waals surface area contributed by atoms with Crippen LogP contribution in [0.1, 0.15) is 120 Å². The van der Waals surface area contributed by atoms with Gasteiger partial charge in [-0.25, -0.2) is 4.79 Å². The van der Waals surface area contributed by atoms with E-state index in [1.807, 2.05) is 35.2 Å². The summed E-state index contributed by atoms with van der Waals surface area (Å²) in [5, 5.41) is 2.09. The van der Waals surface area contributed by atoms with Crippen molar-refractivity contribution in [1.82, 2.24) is 9.96 Å². The van der Waals surface area contributed by atoms with Gasteiger partial charge in [-0.2, -0.15) is 0 Å². The Morgan fingerprint density at radius 1 is 0.769 bits per heavy atom. The summed E-state index contributed by atoms with van der Waals surface area (Å²) in [6.45, 7) is 0. The van der Waals surface area contributed by atoms with Gasteiger partial charge >= 0.3 is 5.97 Å². The van der Waals surface area contributed by atoms with Gasteiger partial charge in [0.2, 0.25) is 11.0 Å². The molecule has 3 atom stereocenters. The molecule has 1 saturated heterocycles. The van der Waals surface area contributed by atoms with Gasteiger partial charge in [0, 0.05) is 35.9 Å². The van der Waals surface area contributed by atoms with Gasteiger partial charge in [-0.05, 0) is 57.3 Å². The zero-order chi connectivity index (χ0) is 27.0. The normalized spacial score (nSPS) is 26.7. The first-order chi connectivity index (χ1) is 19.1. The Hall–Kier alpha value is -1.86. The number of thioether (sulfide) groups is 1. The Morgan fingerprint density at radius 3 is 2.05 bits per heavy atom. The molecule has 3 unspecified atom stereocenters. The monoisotopic (exact) mass is 554 g/mol. The van der Waals surface area contributed by atoms with E-state index in [1.54, 1.807) is 0 Å². The number of hydrogen-bond acceptors (Lipinski definition) is 6. The highest BCUT2D eigenvalue weighted by Crippen LogP contribution is 2.39. The quantitative estimate of drug-likeness (QED) is 0.325. The third kappa shape index (κ3) is 7.27. The van der Waals surface area contributed by atoms with E-state index in [0.717, 1.165) is 51.4 Å². The molecule has 0 radical (unpaired) electrons. The first kappa shape index (κ1) is 28.7. The molecule has 4 aliphatic rings.